The van der Waals surface area contributed by atoms with Gasteiger partial charge >= 0.3 is 6.18 Å². The second-order valence-corrected chi connectivity index (χ2v) is 7.55. The zero-order chi connectivity index (χ0) is 23.1. The topological polar surface area (TPSA) is 42.4 Å². The molecule has 0 atom stereocenters. The van der Waals surface area contributed by atoms with Crippen molar-refractivity contribution in [3.63, 3.8) is 0 Å². The van der Waals surface area contributed by atoms with Crippen LogP contribution >= 0.6 is 11.6 Å². The Kier molecular flexibility index (Phi) is 7.53. The number of aromatic nitrogens is 1. The van der Waals surface area contributed by atoms with Gasteiger partial charge in [0, 0.05) is 30.5 Å². The van der Waals surface area contributed by atoms with Crippen molar-refractivity contribution in [2.24, 2.45) is 0 Å². The van der Waals surface area contributed by atoms with Crippen molar-refractivity contribution >= 4 is 17.5 Å². The van der Waals surface area contributed by atoms with Crippen molar-refractivity contribution in [2.75, 3.05) is 6.61 Å². The first-order valence-electron chi connectivity index (χ1n) is 9.63. The van der Waals surface area contributed by atoms with E-state index in [0.29, 0.717) is 16.3 Å². The van der Waals surface area contributed by atoms with Crippen LogP contribution in [0.4, 0.5) is 13.2 Å². The molecule has 0 unspecified atom stereocenters. The first-order chi connectivity index (χ1) is 15.2. The summed E-state index contributed by atoms with van der Waals surface area (Å²) in [6.07, 6.45) is -1.48. The number of amides is 1. The number of pyridine rings is 1. The molecule has 0 saturated heterocycles. The molecule has 0 saturated carbocycles. The van der Waals surface area contributed by atoms with Crippen molar-refractivity contribution in [3.05, 3.63) is 107 Å². The van der Waals surface area contributed by atoms with E-state index in [1.54, 1.807) is 48.8 Å². The predicted octanol–water partition coefficient (Wildman–Crippen LogP) is 6.07. The SMILES string of the molecule is C=C(Cl)COc1ccc(CN(Cc2cccnc2)C(=O)c2ccccc2C(F)(F)F)cc1. The van der Waals surface area contributed by atoms with E-state index < -0.39 is 23.2 Å². The van der Waals surface area contributed by atoms with Crippen LogP contribution in [0.2, 0.25) is 0 Å². The largest absolute Gasteiger partial charge is 0.488 e. The quantitative estimate of drug-likeness (QED) is 0.409. The molecule has 8 heteroatoms. The van der Waals surface area contributed by atoms with Crippen LogP contribution in [-0.2, 0) is 19.3 Å². The fourth-order valence-electron chi connectivity index (χ4n) is 3.07. The van der Waals surface area contributed by atoms with Crippen LogP contribution in [0.25, 0.3) is 0 Å². The van der Waals surface area contributed by atoms with Gasteiger partial charge in [0.15, 0.2) is 0 Å². The Morgan fingerprint density at radius 2 is 1.69 bits per heavy atom. The van der Waals surface area contributed by atoms with Gasteiger partial charge in [0.2, 0.25) is 0 Å². The Balaban J connectivity index is 1.88. The number of rotatable bonds is 8. The summed E-state index contributed by atoms with van der Waals surface area (Å²) in [5.74, 6) is -0.163. The van der Waals surface area contributed by atoms with E-state index in [9.17, 15) is 18.0 Å². The van der Waals surface area contributed by atoms with Crippen LogP contribution in [0.5, 0.6) is 5.75 Å². The molecule has 0 fully saturated rings. The number of nitrogens with zero attached hydrogens (tertiary/aromatic N) is 2. The lowest BCUT2D eigenvalue weighted by Gasteiger charge is -2.25. The van der Waals surface area contributed by atoms with Gasteiger partial charge in [-0.05, 0) is 41.5 Å². The highest BCUT2D eigenvalue weighted by Crippen LogP contribution is 2.33. The van der Waals surface area contributed by atoms with Crippen LogP contribution < -0.4 is 4.74 Å². The molecule has 0 aliphatic carbocycles. The maximum Gasteiger partial charge on any atom is 0.417 e. The highest BCUT2D eigenvalue weighted by molar-refractivity contribution is 6.29. The molecule has 32 heavy (non-hydrogen) atoms. The summed E-state index contributed by atoms with van der Waals surface area (Å²) < 4.78 is 45.9. The van der Waals surface area contributed by atoms with Crippen LogP contribution in [0.3, 0.4) is 0 Å². The number of ether oxygens (including phenoxy) is 1. The zero-order valence-electron chi connectivity index (χ0n) is 17.0. The van der Waals surface area contributed by atoms with E-state index >= 15 is 0 Å². The average Bonchev–Trinajstić information content (AvgIpc) is 2.78. The van der Waals surface area contributed by atoms with Gasteiger partial charge < -0.3 is 9.64 Å². The van der Waals surface area contributed by atoms with Gasteiger partial charge in [-0.2, -0.15) is 13.2 Å². The summed E-state index contributed by atoms with van der Waals surface area (Å²) >= 11 is 5.69. The van der Waals surface area contributed by atoms with Gasteiger partial charge in [-0.1, -0.05) is 48.5 Å². The molecule has 0 aliphatic rings. The molecule has 3 aromatic rings. The van der Waals surface area contributed by atoms with Gasteiger partial charge in [-0.3, -0.25) is 9.78 Å². The maximum absolute atomic E-state index is 13.5. The molecular formula is C24H20ClF3N2O2. The van der Waals surface area contributed by atoms with E-state index in [1.165, 1.54) is 23.1 Å². The molecule has 2 aromatic carbocycles. The van der Waals surface area contributed by atoms with Crippen LogP contribution in [0.1, 0.15) is 27.0 Å². The number of hydrogen-bond donors (Lipinski definition) is 0. The van der Waals surface area contributed by atoms with Gasteiger partial charge in [-0.15, -0.1) is 0 Å². The number of carbonyl (C=O) groups excluding carboxylic acids is 1. The second-order valence-electron chi connectivity index (χ2n) is 7.02. The lowest BCUT2D eigenvalue weighted by Crippen LogP contribution is -2.31. The molecule has 0 aliphatic heterocycles. The second kappa shape index (κ2) is 10.3. The van der Waals surface area contributed by atoms with Crippen LogP contribution in [-0.4, -0.2) is 22.4 Å². The summed E-state index contributed by atoms with van der Waals surface area (Å²) in [5, 5.41) is 0.352. The van der Waals surface area contributed by atoms with E-state index in [-0.39, 0.29) is 19.7 Å². The maximum atomic E-state index is 13.5. The van der Waals surface area contributed by atoms with Crippen LogP contribution in [0, 0.1) is 0 Å². The summed E-state index contributed by atoms with van der Waals surface area (Å²) in [6.45, 7) is 3.90. The normalized spacial score (nSPS) is 11.1. The molecule has 0 bridgehead atoms. The zero-order valence-corrected chi connectivity index (χ0v) is 17.7. The molecule has 4 nitrogen and oxygen atoms in total. The minimum Gasteiger partial charge on any atom is -0.488 e. The van der Waals surface area contributed by atoms with Gasteiger partial charge in [0.25, 0.3) is 5.91 Å². The molecule has 1 amide bonds. The lowest BCUT2D eigenvalue weighted by atomic mass is 10.0. The highest BCUT2D eigenvalue weighted by atomic mass is 35.5. The molecule has 166 valence electrons. The predicted molar refractivity (Wildman–Crippen MR) is 116 cm³/mol. The minimum absolute atomic E-state index is 0.0996. The number of benzene rings is 2. The van der Waals surface area contributed by atoms with Gasteiger partial charge in [-0.25, -0.2) is 0 Å². The molecule has 0 N–H and O–H groups in total. The van der Waals surface area contributed by atoms with Crippen molar-refractivity contribution in [1.29, 1.82) is 0 Å². The summed E-state index contributed by atoms with van der Waals surface area (Å²) in [5.41, 5.74) is 0.0606. The van der Waals surface area contributed by atoms with E-state index in [0.717, 1.165) is 11.6 Å². The molecule has 1 aromatic heterocycles. The van der Waals surface area contributed by atoms with E-state index in [1.807, 2.05) is 0 Å². The number of carbonyl (C=O) groups is 1. The molecule has 1 heterocycles. The smallest absolute Gasteiger partial charge is 0.417 e. The van der Waals surface area contributed by atoms with Crippen molar-refractivity contribution in [1.82, 2.24) is 9.88 Å². The average molecular weight is 461 g/mol. The highest BCUT2D eigenvalue weighted by Gasteiger charge is 2.36. The monoisotopic (exact) mass is 460 g/mol. The number of halogens is 4. The Labute approximate surface area is 188 Å². The summed E-state index contributed by atoms with van der Waals surface area (Å²) in [6, 6.07) is 15.1. The number of alkyl halides is 3. The first kappa shape index (κ1) is 23.3. The van der Waals surface area contributed by atoms with Crippen molar-refractivity contribution in [2.45, 2.75) is 19.3 Å². The van der Waals surface area contributed by atoms with E-state index in [4.69, 9.17) is 16.3 Å². The molecule has 3 rings (SSSR count). The van der Waals surface area contributed by atoms with Crippen molar-refractivity contribution in [3.8, 4) is 5.75 Å². The Morgan fingerprint density at radius 1 is 1.00 bits per heavy atom. The summed E-state index contributed by atoms with van der Waals surface area (Å²) in [4.78, 5) is 18.6. The van der Waals surface area contributed by atoms with E-state index in [2.05, 4.69) is 11.6 Å². The first-order valence-corrected chi connectivity index (χ1v) is 10.0. The third kappa shape index (κ3) is 6.34. The Bertz CT molecular complexity index is 1070. The third-order valence-electron chi connectivity index (χ3n) is 4.54. The van der Waals surface area contributed by atoms with Gasteiger partial charge in [0.05, 0.1) is 11.1 Å². The van der Waals surface area contributed by atoms with Gasteiger partial charge in [0.1, 0.15) is 12.4 Å². The van der Waals surface area contributed by atoms with Crippen molar-refractivity contribution < 1.29 is 22.7 Å². The Morgan fingerprint density at radius 3 is 2.31 bits per heavy atom. The summed E-state index contributed by atoms with van der Waals surface area (Å²) in [7, 11) is 0. The molecular weight excluding hydrogens is 441 g/mol. The van der Waals surface area contributed by atoms with Crippen LogP contribution in [0.15, 0.2) is 84.7 Å². The standard InChI is InChI=1S/C24H20ClF3N2O2/c1-17(25)16-32-20-10-8-18(9-11-20)14-30(15-19-5-4-12-29-13-19)23(31)21-6-2-3-7-22(21)24(26,27)28/h2-13H,1,14-16H2. The fourth-order valence-corrected chi connectivity index (χ4v) is 3.13. The third-order valence-corrected chi connectivity index (χ3v) is 4.65. The minimum atomic E-state index is -4.64. The molecule has 0 spiro atoms. The number of hydrogen-bond acceptors (Lipinski definition) is 3. The fraction of sp³-hybridized carbons (Fsp3) is 0.167. The lowest BCUT2D eigenvalue weighted by molar-refractivity contribution is -0.138. The Hall–Kier alpha value is -3.32. The molecule has 0 radical (unpaired) electrons.